The monoisotopic (exact) mass is 332 g/mol. The van der Waals surface area contributed by atoms with Gasteiger partial charge in [-0.1, -0.05) is 32.0 Å². The molecule has 23 heavy (non-hydrogen) atoms. The third kappa shape index (κ3) is 2.65. The fraction of sp³-hybridized carbons (Fsp3) is 0.526. The van der Waals surface area contributed by atoms with Crippen molar-refractivity contribution < 1.29 is 4.79 Å². The second kappa shape index (κ2) is 5.86. The van der Waals surface area contributed by atoms with Gasteiger partial charge in [0.2, 0.25) is 5.91 Å². The highest BCUT2D eigenvalue weighted by atomic mass is 35.5. The summed E-state index contributed by atoms with van der Waals surface area (Å²) in [6.07, 6.45) is 1.00. The number of alkyl halides is 1. The number of carbonyl (C=O) groups excluding carboxylic acids is 1. The maximum absolute atomic E-state index is 11.3. The molecule has 3 nitrogen and oxygen atoms in total. The van der Waals surface area contributed by atoms with Crippen LogP contribution >= 0.6 is 11.6 Å². The molecule has 1 fully saturated rings. The number of aryl methyl sites for hydroxylation is 1. The molecule has 0 saturated heterocycles. The molecule has 0 radical (unpaired) electrons. The molecule has 124 valence electrons. The first-order valence-corrected chi connectivity index (χ1v) is 8.79. The van der Waals surface area contributed by atoms with Crippen molar-refractivity contribution in [2.45, 2.75) is 33.1 Å². The fourth-order valence-electron chi connectivity index (χ4n) is 4.21. The van der Waals surface area contributed by atoms with E-state index in [-0.39, 0.29) is 17.2 Å². The van der Waals surface area contributed by atoms with Crippen LogP contribution in [0.3, 0.4) is 0 Å². The van der Waals surface area contributed by atoms with E-state index in [0.717, 1.165) is 6.42 Å². The maximum Gasteiger partial charge on any atom is 0.234 e. The number of rotatable bonds is 5. The number of hydrogen-bond donors (Lipinski definition) is 1. The molecule has 1 heterocycles. The lowest BCUT2D eigenvalue weighted by molar-refractivity contribution is -0.118. The number of nitrogens with one attached hydrogen (secondary N) is 1. The van der Waals surface area contributed by atoms with Crippen molar-refractivity contribution in [3.8, 4) is 0 Å². The van der Waals surface area contributed by atoms with Crippen LogP contribution in [-0.2, 0) is 11.8 Å². The number of carbonyl (C=O) groups is 1. The number of benzene rings is 1. The van der Waals surface area contributed by atoms with Crippen LogP contribution in [0.5, 0.6) is 0 Å². The topological polar surface area (TPSA) is 34.0 Å². The normalized spacial score (nSPS) is 22.3. The van der Waals surface area contributed by atoms with Crippen molar-refractivity contribution in [2.75, 3.05) is 12.4 Å². The molecule has 4 heteroatoms. The highest BCUT2D eigenvalue weighted by Crippen LogP contribution is 2.67. The van der Waals surface area contributed by atoms with Gasteiger partial charge < -0.3 is 9.88 Å². The minimum atomic E-state index is -0.0805. The summed E-state index contributed by atoms with van der Waals surface area (Å²) in [6.45, 7) is 7.61. The van der Waals surface area contributed by atoms with Gasteiger partial charge in [-0.2, -0.15) is 0 Å². The summed E-state index contributed by atoms with van der Waals surface area (Å²) in [5.74, 6) is 1.12. The summed E-state index contributed by atoms with van der Waals surface area (Å²) in [6, 6.07) is 8.65. The van der Waals surface area contributed by atoms with E-state index >= 15 is 0 Å². The van der Waals surface area contributed by atoms with Crippen LogP contribution in [0.2, 0.25) is 0 Å². The van der Waals surface area contributed by atoms with Crippen molar-refractivity contribution in [3.63, 3.8) is 0 Å². The van der Waals surface area contributed by atoms with E-state index in [1.54, 1.807) is 0 Å². The molecular formula is C19H25ClN2O. The van der Waals surface area contributed by atoms with Gasteiger partial charge in [-0.05, 0) is 42.2 Å². The van der Waals surface area contributed by atoms with E-state index in [1.807, 2.05) is 0 Å². The predicted molar refractivity (Wildman–Crippen MR) is 96.0 cm³/mol. The SMILES string of the molecule is Cc1c([C@@H]2[C@H](CCNC(=O)CCl)C2(C)C)c2ccccc2n1C. The Morgan fingerprint density at radius 2 is 2.04 bits per heavy atom. The van der Waals surface area contributed by atoms with Crippen LogP contribution in [0.1, 0.15) is 37.4 Å². The number of halogens is 1. The Hall–Kier alpha value is -1.48. The van der Waals surface area contributed by atoms with E-state index in [0.29, 0.717) is 18.4 Å². The zero-order valence-electron chi connectivity index (χ0n) is 14.3. The molecule has 1 aromatic carbocycles. The number of amides is 1. The molecule has 2 aromatic rings. The third-order valence-corrected chi connectivity index (χ3v) is 5.95. The summed E-state index contributed by atoms with van der Waals surface area (Å²) in [5, 5.41) is 4.27. The number of nitrogens with zero attached hydrogens (tertiary/aromatic N) is 1. The Bertz CT molecular complexity index is 747. The van der Waals surface area contributed by atoms with Gasteiger partial charge >= 0.3 is 0 Å². The second-order valence-corrected chi connectivity index (χ2v) is 7.52. The van der Waals surface area contributed by atoms with Crippen LogP contribution < -0.4 is 5.32 Å². The average molecular weight is 333 g/mol. The maximum atomic E-state index is 11.3. The molecule has 1 aliphatic rings. The van der Waals surface area contributed by atoms with Gasteiger partial charge in [0.1, 0.15) is 5.88 Å². The summed E-state index contributed by atoms with van der Waals surface area (Å²) in [7, 11) is 2.15. The first-order chi connectivity index (χ1) is 10.9. The van der Waals surface area contributed by atoms with Gasteiger partial charge in [0.15, 0.2) is 0 Å². The predicted octanol–water partition coefficient (Wildman–Crippen LogP) is 3.97. The van der Waals surface area contributed by atoms with E-state index in [1.165, 1.54) is 22.2 Å². The van der Waals surface area contributed by atoms with Gasteiger partial charge in [-0.25, -0.2) is 0 Å². The van der Waals surface area contributed by atoms with Crippen LogP contribution in [0.4, 0.5) is 0 Å². The van der Waals surface area contributed by atoms with Crippen molar-refractivity contribution in [2.24, 2.45) is 18.4 Å². The molecule has 0 spiro atoms. The molecule has 3 rings (SSSR count). The molecule has 1 aliphatic carbocycles. The quantitative estimate of drug-likeness (QED) is 0.826. The Morgan fingerprint density at radius 1 is 1.35 bits per heavy atom. The van der Waals surface area contributed by atoms with Gasteiger partial charge in [-0.15, -0.1) is 11.6 Å². The van der Waals surface area contributed by atoms with Crippen molar-refractivity contribution in [1.82, 2.24) is 9.88 Å². The zero-order chi connectivity index (χ0) is 16.8. The Balaban J connectivity index is 1.85. The van der Waals surface area contributed by atoms with Crippen LogP contribution in [0, 0.1) is 18.3 Å². The minimum Gasteiger partial charge on any atom is -0.355 e. The molecule has 1 N–H and O–H groups in total. The van der Waals surface area contributed by atoms with Gasteiger partial charge in [-0.3, -0.25) is 4.79 Å². The molecule has 0 unspecified atom stereocenters. The number of fused-ring (bicyclic) bond motifs is 1. The summed E-state index contributed by atoms with van der Waals surface area (Å²) >= 11 is 5.54. The molecule has 1 aromatic heterocycles. The lowest BCUT2D eigenvalue weighted by Crippen LogP contribution is -2.25. The third-order valence-electron chi connectivity index (χ3n) is 5.71. The Morgan fingerprint density at radius 3 is 2.74 bits per heavy atom. The van der Waals surface area contributed by atoms with Crippen molar-refractivity contribution in [1.29, 1.82) is 0 Å². The van der Waals surface area contributed by atoms with Crippen LogP contribution in [0.25, 0.3) is 10.9 Å². The summed E-state index contributed by atoms with van der Waals surface area (Å²) in [5.41, 5.74) is 4.43. The van der Waals surface area contributed by atoms with Crippen molar-refractivity contribution in [3.05, 3.63) is 35.5 Å². The van der Waals surface area contributed by atoms with Crippen LogP contribution in [0.15, 0.2) is 24.3 Å². The van der Waals surface area contributed by atoms with E-state index in [9.17, 15) is 4.79 Å². The van der Waals surface area contributed by atoms with E-state index in [4.69, 9.17) is 11.6 Å². The lowest BCUT2D eigenvalue weighted by atomic mass is 10.0. The smallest absolute Gasteiger partial charge is 0.234 e. The van der Waals surface area contributed by atoms with Gasteiger partial charge in [0.05, 0.1) is 0 Å². The summed E-state index contributed by atoms with van der Waals surface area (Å²) in [4.78, 5) is 11.3. The van der Waals surface area contributed by atoms with E-state index < -0.39 is 0 Å². The minimum absolute atomic E-state index is 0.0416. The molecule has 1 amide bonds. The Labute approximate surface area is 143 Å². The van der Waals surface area contributed by atoms with Gasteiger partial charge in [0, 0.05) is 30.2 Å². The van der Waals surface area contributed by atoms with Crippen molar-refractivity contribution >= 4 is 28.4 Å². The standard InChI is InChI=1S/C19H25ClN2O/c1-12-17(13-7-5-6-8-15(13)22(12)4)18-14(19(18,2)3)9-10-21-16(23)11-20/h5-8,14,18H,9-11H2,1-4H3,(H,21,23)/t14-,18-/m0/s1. The molecule has 0 bridgehead atoms. The fourth-order valence-corrected chi connectivity index (χ4v) is 4.31. The lowest BCUT2D eigenvalue weighted by Gasteiger charge is -2.04. The first-order valence-electron chi connectivity index (χ1n) is 8.26. The van der Waals surface area contributed by atoms with Crippen LogP contribution in [-0.4, -0.2) is 22.9 Å². The second-order valence-electron chi connectivity index (χ2n) is 7.25. The highest BCUT2D eigenvalue weighted by Gasteiger charge is 2.58. The average Bonchev–Trinajstić information content (AvgIpc) is 2.97. The molecular weight excluding hydrogens is 308 g/mol. The first kappa shape index (κ1) is 16.4. The number of para-hydroxylation sites is 1. The highest BCUT2D eigenvalue weighted by molar-refractivity contribution is 6.27. The Kier molecular flexibility index (Phi) is 4.18. The molecule has 1 saturated carbocycles. The zero-order valence-corrected chi connectivity index (χ0v) is 15.1. The molecule has 2 atom stereocenters. The van der Waals surface area contributed by atoms with E-state index in [2.05, 4.69) is 62.0 Å². The molecule has 0 aliphatic heterocycles. The number of aromatic nitrogens is 1. The largest absolute Gasteiger partial charge is 0.355 e. The van der Waals surface area contributed by atoms with Gasteiger partial charge in [0.25, 0.3) is 0 Å². The summed E-state index contributed by atoms with van der Waals surface area (Å²) < 4.78 is 2.30. The number of hydrogen-bond acceptors (Lipinski definition) is 1.